The number of nitrogens with zero attached hydrogens (tertiary/aromatic N) is 3. The maximum atomic E-state index is 12.6. The fraction of sp³-hybridized carbons (Fsp3) is 0.444. The van der Waals surface area contributed by atoms with E-state index in [1.165, 1.54) is 10.9 Å². The smallest absolute Gasteiger partial charge is 0.355 e. The number of hydrogen-bond donors (Lipinski definition) is 1. The number of hydrogen-bond acceptors (Lipinski definition) is 5. The highest BCUT2D eigenvalue weighted by Gasteiger charge is 2.31. The van der Waals surface area contributed by atoms with Gasteiger partial charge in [-0.25, -0.2) is 4.98 Å². The van der Waals surface area contributed by atoms with E-state index in [0.29, 0.717) is 45.1 Å². The summed E-state index contributed by atoms with van der Waals surface area (Å²) in [4.78, 5) is 21.2. The second-order valence-electron chi connectivity index (χ2n) is 6.35. The molecule has 0 bridgehead atoms. The number of carbonyl (C=O) groups is 1. The van der Waals surface area contributed by atoms with E-state index in [9.17, 15) is 18.0 Å². The molecular weight excluding hydrogens is 377 g/mol. The zero-order valence-corrected chi connectivity index (χ0v) is 15.5. The second-order valence-corrected chi connectivity index (χ2v) is 7.38. The Morgan fingerprint density at radius 1 is 1.19 bits per heavy atom. The van der Waals surface area contributed by atoms with Crippen LogP contribution in [0.25, 0.3) is 0 Å². The molecule has 1 fully saturated rings. The number of carbonyl (C=O) groups excluding carboxylic acids is 1. The zero-order valence-electron chi connectivity index (χ0n) is 14.7. The highest BCUT2D eigenvalue weighted by molar-refractivity contribution is 7.09. The van der Waals surface area contributed by atoms with Gasteiger partial charge in [-0.3, -0.25) is 9.69 Å². The van der Waals surface area contributed by atoms with Crippen molar-refractivity contribution < 1.29 is 18.0 Å². The fourth-order valence-electron chi connectivity index (χ4n) is 2.91. The average molecular weight is 398 g/mol. The fourth-order valence-corrected chi connectivity index (χ4v) is 3.62. The Bertz CT molecular complexity index is 726. The first-order chi connectivity index (χ1) is 12.9. The summed E-state index contributed by atoms with van der Waals surface area (Å²) in [5, 5.41) is 4.94. The lowest BCUT2D eigenvalue weighted by atomic mass is 10.2. The summed E-state index contributed by atoms with van der Waals surface area (Å²) >= 11 is 1.67. The van der Waals surface area contributed by atoms with Crippen molar-refractivity contribution in [2.75, 3.05) is 44.2 Å². The van der Waals surface area contributed by atoms with E-state index in [1.54, 1.807) is 11.3 Å². The van der Waals surface area contributed by atoms with Crippen LogP contribution in [-0.2, 0) is 17.4 Å². The molecule has 2 aromatic rings. The van der Waals surface area contributed by atoms with E-state index in [1.807, 2.05) is 27.3 Å². The van der Waals surface area contributed by atoms with Gasteiger partial charge in [0.1, 0.15) is 5.82 Å². The van der Waals surface area contributed by atoms with Gasteiger partial charge in [0.2, 0.25) is 5.91 Å². The van der Waals surface area contributed by atoms with Crippen LogP contribution in [0.5, 0.6) is 0 Å². The van der Waals surface area contributed by atoms with Crippen molar-refractivity contribution in [1.82, 2.24) is 15.2 Å². The van der Waals surface area contributed by atoms with Crippen LogP contribution in [0, 0.1) is 0 Å². The normalized spacial score (nSPS) is 15.7. The van der Waals surface area contributed by atoms with Gasteiger partial charge in [-0.15, -0.1) is 11.3 Å². The Labute approximate surface area is 159 Å². The molecule has 146 valence electrons. The molecule has 1 aliphatic heterocycles. The average Bonchev–Trinajstić information content (AvgIpc) is 3.15. The third-order valence-electron chi connectivity index (χ3n) is 4.41. The minimum Gasteiger partial charge on any atom is -0.355 e. The zero-order chi connectivity index (χ0) is 19.3. The predicted octanol–water partition coefficient (Wildman–Crippen LogP) is 2.64. The van der Waals surface area contributed by atoms with E-state index in [2.05, 4.69) is 10.3 Å². The summed E-state index contributed by atoms with van der Waals surface area (Å²) in [5.74, 6) is 0.524. The van der Waals surface area contributed by atoms with Gasteiger partial charge < -0.3 is 10.2 Å². The van der Waals surface area contributed by atoms with Crippen LogP contribution in [0.4, 0.5) is 19.0 Å². The molecule has 0 unspecified atom stereocenters. The lowest BCUT2D eigenvalue weighted by Gasteiger charge is -2.35. The molecule has 1 aliphatic rings. The van der Waals surface area contributed by atoms with E-state index < -0.39 is 11.7 Å². The monoisotopic (exact) mass is 398 g/mol. The van der Waals surface area contributed by atoms with Crippen LogP contribution in [0.1, 0.15) is 10.4 Å². The number of thiophene rings is 1. The number of anilines is 1. The Balaban J connectivity index is 1.40. The minimum atomic E-state index is -4.37. The number of nitrogens with one attached hydrogen (secondary N) is 1. The van der Waals surface area contributed by atoms with Gasteiger partial charge in [0.15, 0.2) is 0 Å². The highest BCUT2D eigenvalue weighted by Crippen LogP contribution is 2.29. The summed E-state index contributed by atoms with van der Waals surface area (Å²) in [6, 6.07) is 6.49. The predicted molar refractivity (Wildman–Crippen MR) is 98.9 cm³/mol. The molecule has 0 radical (unpaired) electrons. The molecule has 3 heterocycles. The SMILES string of the molecule is O=C(CN1CCN(c2ccc(C(F)(F)F)cn2)CC1)NCCc1cccs1. The molecule has 5 nitrogen and oxygen atoms in total. The number of rotatable bonds is 6. The van der Waals surface area contributed by atoms with Gasteiger partial charge in [0.05, 0.1) is 12.1 Å². The van der Waals surface area contributed by atoms with Crippen LogP contribution in [-0.4, -0.2) is 55.1 Å². The Morgan fingerprint density at radius 3 is 2.56 bits per heavy atom. The van der Waals surface area contributed by atoms with Crippen LogP contribution in [0.15, 0.2) is 35.8 Å². The standard InChI is InChI=1S/C18H21F3N4OS/c19-18(20,21)14-3-4-16(23-12-14)25-9-7-24(8-10-25)13-17(26)22-6-5-15-2-1-11-27-15/h1-4,11-12H,5-10,13H2,(H,22,26). The highest BCUT2D eigenvalue weighted by atomic mass is 32.1. The lowest BCUT2D eigenvalue weighted by Crippen LogP contribution is -2.49. The van der Waals surface area contributed by atoms with Crippen LogP contribution in [0.3, 0.4) is 0 Å². The van der Waals surface area contributed by atoms with Crippen LogP contribution < -0.4 is 10.2 Å². The van der Waals surface area contributed by atoms with E-state index in [4.69, 9.17) is 0 Å². The molecule has 0 spiro atoms. The molecule has 1 saturated heterocycles. The van der Waals surface area contributed by atoms with Gasteiger partial charge in [0, 0.05) is 43.8 Å². The summed E-state index contributed by atoms with van der Waals surface area (Å²) in [5.41, 5.74) is -0.746. The van der Waals surface area contributed by atoms with Crippen molar-refractivity contribution in [3.63, 3.8) is 0 Å². The van der Waals surface area contributed by atoms with Crippen molar-refractivity contribution >= 4 is 23.1 Å². The molecule has 2 aromatic heterocycles. The van der Waals surface area contributed by atoms with Crippen molar-refractivity contribution in [2.45, 2.75) is 12.6 Å². The summed E-state index contributed by atoms with van der Waals surface area (Å²) in [6.07, 6.45) is -2.68. The van der Waals surface area contributed by atoms with Gasteiger partial charge in [0.25, 0.3) is 0 Å². The summed E-state index contributed by atoms with van der Waals surface area (Å²) < 4.78 is 37.8. The summed E-state index contributed by atoms with van der Waals surface area (Å²) in [7, 11) is 0. The molecule has 0 aliphatic carbocycles. The minimum absolute atomic E-state index is 0.00680. The third kappa shape index (κ3) is 5.67. The number of aromatic nitrogens is 1. The molecule has 0 aromatic carbocycles. The van der Waals surface area contributed by atoms with E-state index in [-0.39, 0.29) is 5.91 Å². The molecule has 3 rings (SSSR count). The Hall–Kier alpha value is -2.13. The quantitative estimate of drug-likeness (QED) is 0.813. The Kier molecular flexibility index (Phi) is 6.33. The summed E-state index contributed by atoms with van der Waals surface area (Å²) in [6.45, 7) is 3.54. The molecule has 27 heavy (non-hydrogen) atoms. The van der Waals surface area contributed by atoms with Crippen molar-refractivity contribution in [3.05, 3.63) is 46.3 Å². The second kappa shape index (κ2) is 8.71. The molecular formula is C18H21F3N4OS. The number of pyridine rings is 1. The number of halogens is 3. The Morgan fingerprint density at radius 2 is 1.96 bits per heavy atom. The van der Waals surface area contributed by atoms with Crippen molar-refractivity contribution in [1.29, 1.82) is 0 Å². The molecule has 9 heteroatoms. The van der Waals surface area contributed by atoms with E-state index in [0.717, 1.165) is 18.7 Å². The molecule has 1 N–H and O–H groups in total. The topological polar surface area (TPSA) is 48.5 Å². The number of alkyl halides is 3. The van der Waals surface area contributed by atoms with Gasteiger partial charge in [-0.05, 0) is 30.0 Å². The first-order valence-electron chi connectivity index (χ1n) is 8.71. The van der Waals surface area contributed by atoms with Crippen molar-refractivity contribution in [3.8, 4) is 0 Å². The number of piperazine rings is 1. The van der Waals surface area contributed by atoms with Gasteiger partial charge >= 0.3 is 6.18 Å². The first kappa shape index (κ1) is 19.6. The largest absolute Gasteiger partial charge is 0.417 e. The van der Waals surface area contributed by atoms with Crippen molar-refractivity contribution in [2.24, 2.45) is 0 Å². The van der Waals surface area contributed by atoms with Crippen LogP contribution in [0.2, 0.25) is 0 Å². The van der Waals surface area contributed by atoms with Gasteiger partial charge in [-0.1, -0.05) is 6.07 Å². The molecule has 1 amide bonds. The molecule has 0 atom stereocenters. The maximum absolute atomic E-state index is 12.6. The third-order valence-corrected chi connectivity index (χ3v) is 5.35. The lowest BCUT2D eigenvalue weighted by molar-refractivity contribution is -0.137. The first-order valence-corrected chi connectivity index (χ1v) is 9.59. The van der Waals surface area contributed by atoms with Gasteiger partial charge in [-0.2, -0.15) is 13.2 Å². The molecule has 0 saturated carbocycles. The maximum Gasteiger partial charge on any atom is 0.417 e. The van der Waals surface area contributed by atoms with E-state index >= 15 is 0 Å². The number of amides is 1. The van der Waals surface area contributed by atoms with Crippen LogP contribution >= 0.6 is 11.3 Å².